The van der Waals surface area contributed by atoms with Crippen molar-refractivity contribution in [2.45, 2.75) is 67.9 Å². The molecule has 0 amide bonds. The zero-order valence-corrected chi connectivity index (χ0v) is 14.9. The fourth-order valence-corrected chi connectivity index (χ4v) is 2.43. The van der Waals surface area contributed by atoms with Crippen LogP contribution in [0.3, 0.4) is 0 Å². The number of hydrogen-bond acceptors (Lipinski definition) is 3. The second-order valence-corrected chi connectivity index (χ2v) is 6.52. The van der Waals surface area contributed by atoms with Crippen LogP contribution in [0, 0.1) is 0 Å². The predicted octanol–water partition coefficient (Wildman–Crippen LogP) is 6.04. The van der Waals surface area contributed by atoms with Crippen LogP contribution in [-0.2, 0) is 9.53 Å². The number of allylic oxidation sites excluding steroid dienone is 1. The Bertz CT molecular complexity index is 709. The molecular weight excluding hydrogens is 475 g/mol. The lowest BCUT2D eigenvalue weighted by Gasteiger charge is -2.39. The molecule has 0 aromatic carbocycles. The first-order valence-electron chi connectivity index (χ1n) is 8.19. The number of alkyl halides is 13. The van der Waals surface area contributed by atoms with Gasteiger partial charge in [0.15, 0.2) is 0 Å². The van der Waals surface area contributed by atoms with E-state index < -0.39 is 66.1 Å². The van der Waals surface area contributed by atoms with Crippen LogP contribution < -0.4 is 0 Å². The summed E-state index contributed by atoms with van der Waals surface area (Å²) in [5.41, 5.74) is -0.442. The quantitative estimate of drug-likeness (QED) is 0.335. The molecule has 0 unspecified atom stereocenters. The zero-order chi connectivity index (χ0) is 24.7. The Kier molecular flexibility index (Phi) is 7.20. The lowest BCUT2D eigenvalue weighted by atomic mass is 9.93. The van der Waals surface area contributed by atoms with Gasteiger partial charge in [-0.3, -0.25) is 0 Å². The van der Waals surface area contributed by atoms with Crippen molar-refractivity contribution in [3.63, 3.8) is 0 Å². The monoisotopic (exact) mass is 488 g/mol. The fraction of sp³-hybridized carbons (Fsp3) is 0.800. The topological polar surface area (TPSA) is 46.5 Å². The standard InChI is InChI=1S/C15H13F13O3/c16-10(17,5-6-31-9(30)7-3-1-2-4-8(7)29)11(18,19)12(20,21)13(22,23)14(24,25)15(26,27)28/h29H,1-6H2. The Morgan fingerprint density at radius 3 is 1.65 bits per heavy atom. The highest BCUT2D eigenvalue weighted by atomic mass is 19.4. The SMILES string of the molecule is O=C(OCCC(F)(F)C(F)(F)C(F)(F)C(F)(F)C(F)(F)C(F)(F)F)C1=C(O)CCCC1. The third-order valence-corrected chi connectivity index (χ3v) is 4.33. The smallest absolute Gasteiger partial charge is 0.460 e. The number of hydrogen-bond donors (Lipinski definition) is 1. The Balaban J connectivity index is 3.05. The molecular formula is C15H13F13O3. The van der Waals surface area contributed by atoms with Gasteiger partial charge in [-0.2, -0.15) is 57.1 Å². The van der Waals surface area contributed by atoms with Crippen LogP contribution >= 0.6 is 0 Å². The van der Waals surface area contributed by atoms with Crippen LogP contribution in [0.2, 0.25) is 0 Å². The second kappa shape index (κ2) is 8.22. The third-order valence-electron chi connectivity index (χ3n) is 4.33. The largest absolute Gasteiger partial charge is 0.512 e. The predicted molar refractivity (Wildman–Crippen MR) is 74.5 cm³/mol. The molecule has 0 bridgehead atoms. The Labute approximate surface area is 164 Å². The average molecular weight is 488 g/mol. The van der Waals surface area contributed by atoms with E-state index in [0.717, 1.165) is 0 Å². The van der Waals surface area contributed by atoms with Gasteiger partial charge in [-0.25, -0.2) is 4.79 Å². The van der Waals surface area contributed by atoms with E-state index in [0.29, 0.717) is 12.8 Å². The van der Waals surface area contributed by atoms with Crippen LogP contribution in [0.5, 0.6) is 0 Å². The first kappa shape index (κ1) is 27.1. The summed E-state index contributed by atoms with van der Waals surface area (Å²) in [6.07, 6.45) is -9.49. The molecule has 0 aliphatic heterocycles. The van der Waals surface area contributed by atoms with Gasteiger partial charge < -0.3 is 9.84 Å². The van der Waals surface area contributed by atoms with E-state index in [9.17, 15) is 67.0 Å². The summed E-state index contributed by atoms with van der Waals surface area (Å²) >= 11 is 0. The maximum absolute atomic E-state index is 13.5. The summed E-state index contributed by atoms with van der Waals surface area (Å²) in [5, 5.41) is 9.43. The average Bonchev–Trinajstić information content (AvgIpc) is 2.60. The molecule has 0 spiro atoms. The van der Waals surface area contributed by atoms with Gasteiger partial charge in [0.2, 0.25) is 0 Å². The second-order valence-electron chi connectivity index (χ2n) is 6.52. The molecule has 3 nitrogen and oxygen atoms in total. The summed E-state index contributed by atoms with van der Waals surface area (Å²) in [6, 6.07) is 0. The molecule has 0 atom stereocenters. The lowest BCUT2D eigenvalue weighted by Crippen LogP contribution is -2.70. The van der Waals surface area contributed by atoms with E-state index in [1.165, 1.54) is 0 Å². The van der Waals surface area contributed by atoms with Gasteiger partial charge in [0.25, 0.3) is 0 Å². The van der Waals surface area contributed by atoms with Crippen molar-refractivity contribution in [2.24, 2.45) is 0 Å². The Hall–Kier alpha value is -1.90. The molecule has 0 saturated heterocycles. The van der Waals surface area contributed by atoms with Crippen molar-refractivity contribution >= 4 is 5.97 Å². The summed E-state index contributed by atoms with van der Waals surface area (Å²) in [5.74, 6) is -39.4. The van der Waals surface area contributed by atoms with E-state index in [1.807, 2.05) is 0 Å². The lowest BCUT2D eigenvalue weighted by molar-refractivity contribution is -0.440. The molecule has 16 heteroatoms. The molecule has 182 valence electrons. The molecule has 0 aromatic rings. The van der Waals surface area contributed by atoms with Crippen LogP contribution in [0.15, 0.2) is 11.3 Å². The normalized spacial score (nSPS) is 17.7. The minimum atomic E-state index is -7.97. The number of aliphatic hydroxyl groups is 1. The van der Waals surface area contributed by atoms with Crippen molar-refractivity contribution < 1.29 is 71.7 Å². The summed E-state index contributed by atoms with van der Waals surface area (Å²) in [6.45, 7) is -1.84. The van der Waals surface area contributed by atoms with Crippen molar-refractivity contribution in [3.8, 4) is 0 Å². The minimum Gasteiger partial charge on any atom is -0.512 e. The highest BCUT2D eigenvalue weighted by Crippen LogP contribution is 2.60. The van der Waals surface area contributed by atoms with E-state index in [-0.39, 0.29) is 12.8 Å². The number of halogens is 13. The molecule has 1 aliphatic carbocycles. The fourth-order valence-electron chi connectivity index (χ4n) is 2.43. The van der Waals surface area contributed by atoms with Crippen molar-refractivity contribution in [2.75, 3.05) is 6.61 Å². The van der Waals surface area contributed by atoms with Gasteiger partial charge >= 0.3 is 41.8 Å². The zero-order valence-electron chi connectivity index (χ0n) is 14.9. The van der Waals surface area contributed by atoms with Crippen LogP contribution in [0.1, 0.15) is 32.1 Å². The van der Waals surface area contributed by atoms with E-state index in [2.05, 4.69) is 4.74 Å². The van der Waals surface area contributed by atoms with Crippen molar-refractivity contribution in [3.05, 3.63) is 11.3 Å². The minimum absolute atomic E-state index is 0.0205. The van der Waals surface area contributed by atoms with Gasteiger partial charge in [0.1, 0.15) is 5.76 Å². The van der Waals surface area contributed by atoms with Gasteiger partial charge in [-0.15, -0.1) is 0 Å². The molecule has 0 radical (unpaired) electrons. The number of rotatable bonds is 8. The highest BCUT2D eigenvalue weighted by Gasteiger charge is 2.90. The highest BCUT2D eigenvalue weighted by molar-refractivity contribution is 5.89. The molecule has 0 heterocycles. The maximum Gasteiger partial charge on any atom is 0.460 e. The summed E-state index contributed by atoms with van der Waals surface area (Å²) in [7, 11) is 0. The Morgan fingerprint density at radius 2 is 1.19 bits per heavy atom. The van der Waals surface area contributed by atoms with E-state index in [4.69, 9.17) is 0 Å². The molecule has 0 saturated carbocycles. The number of ether oxygens (including phenoxy) is 1. The molecule has 1 N–H and O–H groups in total. The van der Waals surface area contributed by atoms with Crippen LogP contribution in [-0.4, -0.2) is 53.5 Å². The summed E-state index contributed by atoms with van der Waals surface area (Å²) in [4.78, 5) is 11.6. The molecule has 1 rings (SSSR count). The van der Waals surface area contributed by atoms with E-state index in [1.54, 1.807) is 0 Å². The first-order valence-corrected chi connectivity index (χ1v) is 8.19. The van der Waals surface area contributed by atoms with Gasteiger partial charge in [-0.1, -0.05) is 0 Å². The number of carbonyl (C=O) groups is 1. The van der Waals surface area contributed by atoms with Gasteiger partial charge in [0.05, 0.1) is 18.6 Å². The van der Waals surface area contributed by atoms with Crippen molar-refractivity contribution in [1.82, 2.24) is 0 Å². The van der Waals surface area contributed by atoms with Crippen LogP contribution in [0.4, 0.5) is 57.1 Å². The summed E-state index contributed by atoms with van der Waals surface area (Å²) < 4.78 is 172. The molecule has 31 heavy (non-hydrogen) atoms. The number of carbonyl (C=O) groups excluding carboxylic acids is 1. The van der Waals surface area contributed by atoms with Gasteiger partial charge in [0, 0.05) is 6.42 Å². The third kappa shape index (κ3) is 4.52. The molecule has 1 aliphatic rings. The maximum atomic E-state index is 13.5. The van der Waals surface area contributed by atoms with Gasteiger partial charge in [-0.05, 0) is 19.3 Å². The van der Waals surface area contributed by atoms with Crippen molar-refractivity contribution in [1.29, 1.82) is 0 Å². The number of esters is 1. The first-order chi connectivity index (χ1) is 13.6. The van der Waals surface area contributed by atoms with Crippen LogP contribution in [0.25, 0.3) is 0 Å². The molecule has 0 fully saturated rings. The Morgan fingerprint density at radius 1 is 0.742 bits per heavy atom. The van der Waals surface area contributed by atoms with E-state index >= 15 is 0 Å². The number of aliphatic hydroxyl groups excluding tert-OH is 1. The molecule has 0 aromatic heterocycles.